The van der Waals surface area contributed by atoms with Gasteiger partial charge in [-0.3, -0.25) is 9.36 Å². The van der Waals surface area contributed by atoms with Gasteiger partial charge in [-0.15, -0.1) is 28.1 Å². The van der Waals surface area contributed by atoms with Gasteiger partial charge in [0.25, 0.3) is 0 Å². The van der Waals surface area contributed by atoms with E-state index < -0.39 is 0 Å². The predicted octanol–water partition coefficient (Wildman–Crippen LogP) is 5.36. The summed E-state index contributed by atoms with van der Waals surface area (Å²) < 4.78 is 2.00. The zero-order chi connectivity index (χ0) is 20.1. The van der Waals surface area contributed by atoms with Crippen LogP contribution in [-0.2, 0) is 11.3 Å². The first kappa shape index (κ1) is 20.4. The summed E-state index contributed by atoms with van der Waals surface area (Å²) in [5.41, 5.74) is 2.93. The number of para-hydroxylation sites is 1. The maximum absolute atomic E-state index is 12.4. The Hall–Kier alpha value is -2.38. The first-order valence-electron chi connectivity index (χ1n) is 9.10. The molecule has 146 valence electrons. The number of thiophene rings is 1. The third-order valence-electron chi connectivity index (χ3n) is 4.23. The standard InChI is InChI=1S/C21H24N4OS2/c1-5-10-25-20(16-11-18(14(2)3)27-12-16)23-24-21(25)28-13-19(26)22-17-9-7-6-8-15(17)4/h5-9,11-12,14H,1,10,13H2,2-4H3,(H,22,26). The lowest BCUT2D eigenvalue weighted by molar-refractivity contribution is -0.113. The smallest absolute Gasteiger partial charge is 0.234 e. The zero-order valence-electron chi connectivity index (χ0n) is 16.3. The molecule has 0 fully saturated rings. The number of carbonyl (C=O) groups is 1. The molecule has 5 nitrogen and oxygen atoms in total. The Morgan fingerprint density at radius 1 is 1.36 bits per heavy atom. The Morgan fingerprint density at radius 2 is 2.14 bits per heavy atom. The van der Waals surface area contributed by atoms with E-state index in [1.54, 1.807) is 11.3 Å². The molecule has 0 saturated carbocycles. The minimum Gasteiger partial charge on any atom is -0.325 e. The Balaban J connectivity index is 1.73. The molecule has 0 aliphatic carbocycles. The van der Waals surface area contributed by atoms with Gasteiger partial charge in [0.1, 0.15) is 0 Å². The molecule has 1 N–H and O–H groups in total. The van der Waals surface area contributed by atoms with E-state index in [4.69, 9.17) is 0 Å². The quantitative estimate of drug-likeness (QED) is 0.400. The van der Waals surface area contributed by atoms with Crippen molar-refractivity contribution in [3.8, 4) is 11.4 Å². The summed E-state index contributed by atoms with van der Waals surface area (Å²) in [7, 11) is 0. The molecule has 0 aliphatic heterocycles. The maximum Gasteiger partial charge on any atom is 0.234 e. The van der Waals surface area contributed by atoms with Crippen LogP contribution in [0.3, 0.4) is 0 Å². The highest BCUT2D eigenvalue weighted by Crippen LogP contribution is 2.31. The molecular weight excluding hydrogens is 388 g/mol. The fourth-order valence-electron chi connectivity index (χ4n) is 2.71. The Morgan fingerprint density at radius 3 is 2.82 bits per heavy atom. The van der Waals surface area contributed by atoms with Gasteiger partial charge in [0, 0.05) is 28.1 Å². The monoisotopic (exact) mass is 412 g/mol. The van der Waals surface area contributed by atoms with Crippen molar-refractivity contribution in [3.63, 3.8) is 0 Å². The van der Waals surface area contributed by atoms with E-state index in [0.717, 1.165) is 22.6 Å². The molecular formula is C21H24N4OS2. The fourth-order valence-corrected chi connectivity index (χ4v) is 4.36. The highest BCUT2D eigenvalue weighted by atomic mass is 32.2. The number of anilines is 1. The number of allylic oxidation sites excluding steroid dienone is 1. The van der Waals surface area contributed by atoms with Gasteiger partial charge in [-0.1, -0.05) is 49.9 Å². The number of carbonyl (C=O) groups excluding carboxylic acids is 1. The van der Waals surface area contributed by atoms with Gasteiger partial charge in [0.05, 0.1) is 5.75 Å². The number of nitrogens with zero attached hydrogens (tertiary/aromatic N) is 3. The Kier molecular flexibility index (Phi) is 6.70. The number of hydrogen-bond donors (Lipinski definition) is 1. The van der Waals surface area contributed by atoms with Gasteiger partial charge in [-0.25, -0.2) is 0 Å². The van der Waals surface area contributed by atoms with Crippen molar-refractivity contribution in [1.29, 1.82) is 0 Å². The van der Waals surface area contributed by atoms with Crippen molar-refractivity contribution in [1.82, 2.24) is 14.8 Å². The van der Waals surface area contributed by atoms with Gasteiger partial charge in [0.2, 0.25) is 5.91 Å². The third-order valence-corrected chi connectivity index (χ3v) is 6.43. The minimum absolute atomic E-state index is 0.0633. The van der Waals surface area contributed by atoms with E-state index in [1.165, 1.54) is 16.6 Å². The van der Waals surface area contributed by atoms with Crippen LogP contribution in [0.5, 0.6) is 0 Å². The Labute approximate surface area is 173 Å². The second kappa shape index (κ2) is 9.21. The van der Waals surface area contributed by atoms with Crippen molar-refractivity contribution < 1.29 is 4.79 Å². The number of rotatable bonds is 8. The minimum atomic E-state index is -0.0633. The van der Waals surface area contributed by atoms with Crippen LogP contribution in [0, 0.1) is 6.92 Å². The van der Waals surface area contributed by atoms with Crippen LogP contribution in [0.15, 0.2) is 53.5 Å². The summed E-state index contributed by atoms with van der Waals surface area (Å²) in [6, 6.07) is 9.91. The van der Waals surface area contributed by atoms with E-state index in [2.05, 4.69) is 47.4 Å². The molecule has 0 atom stereocenters. The molecule has 28 heavy (non-hydrogen) atoms. The largest absolute Gasteiger partial charge is 0.325 e. The molecule has 0 radical (unpaired) electrons. The van der Waals surface area contributed by atoms with E-state index in [-0.39, 0.29) is 11.7 Å². The number of aryl methyl sites for hydroxylation is 1. The summed E-state index contributed by atoms with van der Waals surface area (Å²) >= 11 is 3.11. The molecule has 2 aromatic heterocycles. The molecule has 0 unspecified atom stereocenters. The van der Waals surface area contributed by atoms with Gasteiger partial charge >= 0.3 is 0 Å². The van der Waals surface area contributed by atoms with Gasteiger partial charge in [-0.2, -0.15) is 0 Å². The van der Waals surface area contributed by atoms with E-state index in [0.29, 0.717) is 17.6 Å². The molecule has 2 heterocycles. The molecule has 0 spiro atoms. The number of nitrogens with one attached hydrogen (secondary N) is 1. The van der Waals surface area contributed by atoms with Crippen LogP contribution in [0.4, 0.5) is 5.69 Å². The first-order valence-corrected chi connectivity index (χ1v) is 11.0. The average molecular weight is 413 g/mol. The van der Waals surface area contributed by atoms with Crippen molar-refractivity contribution in [2.24, 2.45) is 0 Å². The van der Waals surface area contributed by atoms with Crippen LogP contribution in [0.2, 0.25) is 0 Å². The molecule has 1 aromatic carbocycles. The van der Waals surface area contributed by atoms with Crippen molar-refractivity contribution >= 4 is 34.7 Å². The normalized spacial score (nSPS) is 11.0. The topological polar surface area (TPSA) is 59.8 Å². The van der Waals surface area contributed by atoms with Gasteiger partial charge < -0.3 is 5.32 Å². The summed E-state index contributed by atoms with van der Waals surface area (Å²) in [6.07, 6.45) is 1.82. The molecule has 0 bridgehead atoms. The van der Waals surface area contributed by atoms with Gasteiger partial charge in [-0.05, 0) is 30.5 Å². The average Bonchev–Trinajstić information content (AvgIpc) is 3.29. The molecule has 3 aromatic rings. The summed E-state index contributed by atoms with van der Waals surface area (Å²) in [4.78, 5) is 13.7. The van der Waals surface area contributed by atoms with Crippen LogP contribution in [0.1, 0.15) is 30.2 Å². The van der Waals surface area contributed by atoms with E-state index in [9.17, 15) is 4.79 Å². The zero-order valence-corrected chi connectivity index (χ0v) is 17.9. The van der Waals surface area contributed by atoms with Crippen molar-refractivity contribution in [2.75, 3.05) is 11.1 Å². The van der Waals surface area contributed by atoms with E-state index >= 15 is 0 Å². The molecule has 0 saturated heterocycles. The van der Waals surface area contributed by atoms with Gasteiger partial charge in [0.15, 0.2) is 11.0 Å². The summed E-state index contributed by atoms with van der Waals surface area (Å²) in [5, 5.41) is 14.5. The van der Waals surface area contributed by atoms with Crippen molar-refractivity contribution in [2.45, 2.75) is 38.4 Å². The van der Waals surface area contributed by atoms with Crippen LogP contribution in [-0.4, -0.2) is 26.4 Å². The van der Waals surface area contributed by atoms with Crippen LogP contribution in [0.25, 0.3) is 11.4 Å². The molecule has 1 amide bonds. The number of hydrogen-bond acceptors (Lipinski definition) is 5. The number of aromatic nitrogens is 3. The molecule has 7 heteroatoms. The maximum atomic E-state index is 12.4. The van der Waals surface area contributed by atoms with Crippen LogP contribution < -0.4 is 5.32 Å². The summed E-state index contributed by atoms with van der Waals surface area (Å²) in [6.45, 7) is 10.8. The molecule has 0 aliphatic rings. The van der Waals surface area contributed by atoms with E-state index in [1.807, 2.05) is 41.8 Å². The van der Waals surface area contributed by atoms with Crippen molar-refractivity contribution in [3.05, 3.63) is 58.8 Å². The highest BCUT2D eigenvalue weighted by molar-refractivity contribution is 7.99. The second-order valence-corrected chi connectivity index (χ2v) is 8.63. The SMILES string of the molecule is C=CCn1c(SCC(=O)Nc2ccccc2C)nnc1-c1csc(C(C)C)c1. The number of thioether (sulfide) groups is 1. The highest BCUT2D eigenvalue weighted by Gasteiger charge is 2.17. The number of benzene rings is 1. The summed E-state index contributed by atoms with van der Waals surface area (Å²) in [5.74, 6) is 1.50. The van der Waals surface area contributed by atoms with Crippen LogP contribution >= 0.6 is 23.1 Å². The second-order valence-electron chi connectivity index (χ2n) is 6.75. The predicted molar refractivity (Wildman–Crippen MR) is 118 cm³/mol. The fraction of sp³-hybridized carbons (Fsp3) is 0.286. The lowest BCUT2D eigenvalue weighted by atomic mass is 10.1. The Bertz CT molecular complexity index is 974. The molecule has 3 rings (SSSR count). The first-order chi connectivity index (χ1) is 13.5. The lowest BCUT2D eigenvalue weighted by Gasteiger charge is -2.09. The lowest BCUT2D eigenvalue weighted by Crippen LogP contribution is -2.15. The number of amides is 1. The third kappa shape index (κ3) is 4.72.